The summed E-state index contributed by atoms with van der Waals surface area (Å²) in [6.45, 7) is 11.5. The van der Waals surface area contributed by atoms with E-state index < -0.39 is 14.4 Å². The van der Waals surface area contributed by atoms with E-state index >= 15 is 0 Å². The van der Waals surface area contributed by atoms with Gasteiger partial charge >= 0.3 is 5.97 Å². The number of hydrogen-bond donors (Lipinski definition) is 1. The predicted octanol–water partition coefficient (Wildman–Crippen LogP) is 2.73. The van der Waals surface area contributed by atoms with Crippen molar-refractivity contribution in [1.82, 2.24) is 0 Å². The lowest BCUT2D eigenvalue weighted by Crippen LogP contribution is -2.43. The highest BCUT2D eigenvalue weighted by atomic mass is 28.4. The van der Waals surface area contributed by atoms with Crippen molar-refractivity contribution in [3.8, 4) is 0 Å². The van der Waals surface area contributed by atoms with Crippen LogP contribution < -0.4 is 0 Å². The third kappa shape index (κ3) is 4.17. The van der Waals surface area contributed by atoms with Crippen molar-refractivity contribution in [2.45, 2.75) is 51.4 Å². The molecule has 1 aliphatic rings. The molecule has 0 saturated heterocycles. The normalized spacial score (nSPS) is 27.4. The first kappa shape index (κ1) is 17.4. The van der Waals surface area contributed by atoms with Crippen LogP contribution in [0.25, 0.3) is 0 Å². The van der Waals surface area contributed by atoms with Crippen molar-refractivity contribution < 1.29 is 19.1 Å². The Morgan fingerprint density at radius 2 is 1.95 bits per heavy atom. The second-order valence-corrected chi connectivity index (χ2v) is 11.9. The Labute approximate surface area is 123 Å². The smallest absolute Gasteiger partial charge is 0.309 e. The Bertz CT molecular complexity index is 371. The Kier molecular flexibility index (Phi) is 5.58. The number of carbonyl (C=O) groups is 1. The van der Waals surface area contributed by atoms with Crippen LogP contribution in [0.2, 0.25) is 18.1 Å². The number of aliphatic hydroxyl groups excluding tert-OH is 1. The average molecular weight is 300 g/mol. The highest BCUT2D eigenvalue weighted by Crippen LogP contribution is 2.37. The minimum atomic E-state index is -1.83. The SMILES string of the molecule is COC(=O)[C@@H]1C[C@H](O)C=C[C@@H]1CO[Si](C)(C)C(C)(C)C. The second-order valence-electron chi connectivity index (χ2n) is 7.05. The molecule has 0 aliphatic heterocycles. The van der Waals surface area contributed by atoms with Crippen LogP contribution in [0.4, 0.5) is 0 Å². The van der Waals surface area contributed by atoms with Crippen LogP contribution >= 0.6 is 0 Å². The topological polar surface area (TPSA) is 55.8 Å². The fraction of sp³-hybridized carbons (Fsp3) is 0.800. The lowest BCUT2D eigenvalue weighted by Gasteiger charge is -2.38. The van der Waals surface area contributed by atoms with E-state index in [0.29, 0.717) is 13.0 Å². The molecule has 4 nitrogen and oxygen atoms in total. The third-order valence-corrected chi connectivity index (χ3v) is 9.04. The van der Waals surface area contributed by atoms with Crippen molar-refractivity contribution in [2.75, 3.05) is 13.7 Å². The molecule has 0 unspecified atom stereocenters. The fourth-order valence-corrected chi connectivity index (χ4v) is 3.08. The Balaban J connectivity index is 2.74. The van der Waals surface area contributed by atoms with E-state index in [1.807, 2.05) is 6.08 Å². The summed E-state index contributed by atoms with van der Waals surface area (Å²) in [5, 5.41) is 9.82. The van der Waals surface area contributed by atoms with Gasteiger partial charge in [0, 0.05) is 12.5 Å². The van der Waals surface area contributed by atoms with Crippen LogP contribution in [0.15, 0.2) is 12.2 Å². The maximum Gasteiger partial charge on any atom is 0.309 e. The molecule has 116 valence electrons. The van der Waals surface area contributed by atoms with Crippen molar-refractivity contribution in [1.29, 1.82) is 0 Å². The minimum Gasteiger partial charge on any atom is -0.469 e. The van der Waals surface area contributed by atoms with E-state index in [0.717, 1.165) is 0 Å². The van der Waals surface area contributed by atoms with E-state index in [4.69, 9.17) is 9.16 Å². The molecule has 1 N–H and O–H groups in total. The van der Waals surface area contributed by atoms with Gasteiger partial charge < -0.3 is 14.3 Å². The predicted molar refractivity (Wildman–Crippen MR) is 81.9 cm³/mol. The van der Waals surface area contributed by atoms with E-state index in [1.165, 1.54) is 7.11 Å². The van der Waals surface area contributed by atoms with E-state index in [2.05, 4.69) is 33.9 Å². The van der Waals surface area contributed by atoms with Gasteiger partial charge in [-0.15, -0.1) is 0 Å². The van der Waals surface area contributed by atoms with Gasteiger partial charge in [0.15, 0.2) is 8.32 Å². The fourth-order valence-electron chi connectivity index (χ4n) is 2.03. The molecule has 20 heavy (non-hydrogen) atoms. The molecular weight excluding hydrogens is 272 g/mol. The largest absolute Gasteiger partial charge is 0.469 e. The maximum absolute atomic E-state index is 11.8. The van der Waals surface area contributed by atoms with Crippen LogP contribution in [-0.4, -0.2) is 39.2 Å². The minimum absolute atomic E-state index is 0.0139. The number of carbonyl (C=O) groups excluding carboxylic acids is 1. The molecule has 0 amide bonds. The van der Waals surface area contributed by atoms with Gasteiger partial charge in [-0.25, -0.2) is 0 Å². The Morgan fingerprint density at radius 1 is 1.35 bits per heavy atom. The number of rotatable bonds is 4. The molecule has 0 aromatic heterocycles. The maximum atomic E-state index is 11.8. The molecule has 0 aromatic carbocycles. The highest BCUT2D eigenvalue weighted by molar-refractivity contribution is 6.74. The van der Waals surface area contributed by atoms with Crippen molar-refractivity contribution >= 4 is 14.3 Å². The summed E-state index contributed by atoms with van der Waals surface area (Å²) >= 11 is 0. The molecule has 0 heterocycles. The van der Waals surface area contributed by atoms with Gasteiger partial charge in [-0.3, -0.25) is 4.79 Å². The summed E-state index contributed by atoms with van der Waals surface area (Å²) in [6.07, 6.45) is 3.49. The first-order chi connectivity index (χ1) is 9.08. The van der Waals surface area contributed by atoms with Crippen molar-refractivity contribution in [3.05, 3.63) is 12.2 Å². The van der Waals surface area contributed by atoms with E-state index in [9.17, 15) is 9.90 Å². The number of ether oxygens (including phenoxy) is 1. The standard InChI is InChI=1S/C15H28O4Si/c1-15(2,3)20(5,6)19-10-11-7-8-12(16)9-13(11)14(17)18-4/h7-8,11-13,16H,9-10H2,1-6H3/t11-,12-,13-/m1/s1. The first-order valence-corrected chi connectivity index (χ1v) is 10.1. The van der Waals surface area contributed by atoms with Crippen LogP contribution in [0, 0.1) is 11.8 Å². The summed E-state index contributed by atoms with van der Waals surface area (Å²) in [7, 11) is -0.441. The van der Waals surface area contributed by atoms with Gasteiger partial charge in [0.2, 0.25) is 0 Å². The van der Waals surface area contributed by atoms with Gasteiger partial charge in [-0.1, -0.05) is 32.9 Å². The Morgan fingerprint density at radius 3 is 2.45 bits per heavy atom. The molecule has 0 radical (unpaired) electrons. The van der Waals surface area contributed by atoms with Crippen LogP contribution in [0.1, 0.15) is 27.2 Å². The molecule has 1 aliphatic carbocycles. The number of hydrogen-bond acceptors (Lipinski definition) is 4. The second kappa shape index (κ2) is 6.41. The zero-order chi connectivity index (χ0) is 15.6. The lowest BCUT2D eigenvalue weighted by molar-refractivity contribution is -0.148. The monoisotopic (exact) mass is 300 g/mol. The van der Waals surface area contributed by atoms with Gasteiger partial charge in [0.05, 0.1) is 19.1 Å². The zero-order valence-corrected chi connectivity index (χ0v) is 14.5. The molecule has 1 rings (SSSR count). The molecule has 0 bridgehead atoms. The van der Waals surface area contributed by atoms with E-state index in [1.54, 1.807) is 6.08 Å². The van der Waals surface area contributed by atoms with Gasteiger partial charge in [-0.2, -0.15) is 0 Å². The van der Waals surface area contributed by atoms with Crippen LogP contribution in [0.3, 0.4) is 0 Å². The molecule has 0 saturated carbocycles. The molecule has 0 fully saturated rings. The van der Waals surface area contributed by atoms with E-state index in [-0.39, 0.29) is 22.8 Å². The summed E-state index contributed by atoms with van der Waals surface area (Å²) in [5.41, 5.74) is 0. The summed E-state index contributed by atoms with van der Waals surface area (Å²) in [6, 6.07) is 0. The molecular formula is C15H28O4Si. The molecule has 5 heteroatoms. The quantitative estimate of drug-likeness (QED) is 0.493. The number of esters is 1. The molecule has 0 aromatic rings. The van der Waals surface area contributed by atoms with Gasteiger partial charge in [0.1, 0.15) is 0 Å². The summed E-state index contributed by atoms with van der Waals surface area (Å²) in [5.74, 6) is -0.595. The van der Waals surface area contributed by atoms with Gasteiger partial charge in [0.25, 0.3) is 0 Å². The lowest BCUT2D eigenvalue weighted by atomic mass is 9.83. The summed E-state index contributed by atoms with van der Waals surface area (Å²) in [4.78, 5) is 11.8. The third-order valence-electron chi connectivity index (χ3n) is 4.54. The summed E-state index contributed by atoms with van der Waals surface area (Å²) < 4.78 is 11.0. The highest BCUT2D eigenvalue weighted by Gasteiger charge is 2.39. The first-order valence-electron chi connectivity index (χ1n) is 7.16. The van der Waals surface area contributed by atoms with Crippen molar-refractivity contribution in [2.24, 2.45) is 11.8 Å². The van der Waals surface area contributed by atoms with Crippen LogP contribution in [0.5, 0.6) is 0 Å². The van der Waals surface area contributed by atoms with Crippen molar-refractivity contribution in [3.63, 3.8) is 0 Å². The Hall–Kier alpha value is -0.653. The number of aliphatic hydroxyl groups is 1. The number of methoxy groups -OCH3 is 1. The average Bonchev–Trinajstić information content (AvgIpc) is 2.35. The molecule has 3 atom stereocenters. The molecule has 0 spiro atoms. The van der Waals surface area contributed by atoms with Crippen LogP contribution in [-0.2, 0) is 14.0 Å². The van der Waals surface area contributed by atoms with Gasteiger partial charge in [-0.05, 0) is 24.6 Å². The zero-order valence-electron chi connectivity index (χ0n) is 13.5.